The van der Waals surface area contributed by atoms with Crippen LogP contribution in [0, 0.1) is 12.3 Å². The molecular formula is C13H17BrOS. The summed E-state index contributed by atoms with van der Waals surface area (Å²) in [5.74, 6) is 1.90. The van der Waals surface area contributed by atoms with Gasteiger partial charge in [0.05, 0.1) is 6.61 Å². The summed E-state index contributed by atoms with van der Waals surface area (Å²) in [5.41, 5.74) is 1.55. The third-order valence-corrected chi connectivity index (χ3v) is 4.98. The van der Waals surface area contributed by atoms with Crippen molar-refractivity contribution in [3.63, 3.8) is 0 Å². The summed E-state index contributed by atoms with van der Waals surface area (Å²) in [7, 11) is 0. The van der Waals surface area contributed by atoms with E-state index in [0.29, 0.717) is 5.41 Å². The molecule has 0 atom stereocenters. The first kappa shape index (κ1) is 12.3. The third kappa shape index (κ3) is 2.57. The van der Waals surface area contributed by atoms with E-state index in [2.05, 4.69) is 41.5 Å². The van der Waals surface area contributed by atoms with Gasteiger partial charge in [-0.05, 0) is 49.3 Å². The van der Waals surface area contributed by atoms with Gasteiger partial charge in [-0.25, -0.2) is 0 Å². The summed E-state index contributed by atoms with van der Waals surface area (Å²) in [6.07, 6.45) is 3.83. The molecular weight excluding hydrogens is 284 g/mol. The van der Waals surface area contributed by atoms with Gasteiger partial charge < -0.3 is 4.74 Å². The van der Waals surface area contributed by atoms with Gasteiger partial charge in [-0.1, -0.05) is 22.4 Å². The molecule has 0 radical (unpaired) electrons. The minimum atomic E-state index is 0.337. The molecule has 0 amide bonds. The Labute approximate surface area is 111 Å². The predicted octanol–water partition coefficient (Wildman–Crippen LogP) is 4.24. The molecule has 2 rings (SSSR count). The Bertz CT molecular complexity index is 369. The Balaban J connectivity index is 1.96. The summed E-state index contributed by atoms with van der Waals surface area (Å²) in [6, 6.07) is 6.13. The van der Waals surface area contributed by atoms with Crippen LogP contribution >= 0.6 is 28.6 Å². The van der Waals surface area contributed by atoms with E-state index in [1.165, 1.54) is 24.8 Å². The van der Waals surface area contributed by atoms with Crippen LogP contribution in [0.25, 0.3) is 0 Å². The molecule has 0 aromatic heterocycles. The van der Waals surface area contributed by atoms with Crippen LogP contribution in [0.4, 0.5) is 0 Å². The Morgan fingerprint density at radius 3 is 2.69 bits per heavy atom. The van der Waals surface area contributed by atoms with Gasteiger partial charge in [0.2, 0.25) is 0 Å². The quantitative estimate of drug-likeness (QED) is 0.819. The first-order valence-electron chi connectivity index (χ1n) is 5.65. The predicted molar refractivity (Wildman–Crippen MR) is 74.5 cm³/mol. The van der Waals surface area contributed by atoms with Crippen molar-refractivity contribution < 1.29 is 4.74 Å². The van der Waals surface area contributed by atoms with Crippen molar-refractivity contribution in [1.82, 2.24) is 0 Å². The van der Waals surface area contributed by atoms with E-state index in [1.54, 1.807) is 0 Å². The zero-order chi connectivity index (χ0) is 11.6. The average molecular weight is 301 g/mol. The minimum Gasteiger partial charge on any atom is -0.493 e. The number of benzene rings is 1. The third-order valence-electron chi connectivity index (χ3n) is 3.42. The zero-order valence-electron chi connectivity index (χ0n) is 9.50. The number of aryl methyl sites for hydroxylation is 1. The molecule has 88 valence electrons. The largest absolute Gasteiger partial charge is 0.493 e. The number of ether oxygens (including phenoxy) is 1. The Hall–Kier alpha value is -0.150. The number of rotatable bonds is 4. The van der Waals surface area contributed by atoms with E-state index in [0.717, 1.165) is 22.6 Å². The summed E-state index contributed by atoms with van der Waals surface area (Å²) in [6.45, 7) is 2.88. The second-order valence-corrected chi connectivity index (χ2v) is 5.88. The van der Waals surface area contributed by atoms with Crippen LogP contribution in [0.2, 0.25) is 0 Å². The standard InChI is InChI=1S/C13H17BrOS/c1-10-7-11(3-4-12(10)14)15-8-13(9-16)5-2-6-13/h3-4,7,16H,2,5-6,8-9H2,1H3. The second-order valence-electron chi connectivity index (χ2n) is 4.71. The number of hydrogen-bond acceptors (Lipinski definition) is 2. The van der Waals surface area contributed by atoms with Crippen molar-refractivity contribution in [2.45, 2.75) is 26.2 Å². The van der Waals surface area contributed by atoms with Crippen molar-refractivity contribution >= 4 is 28.6 Å². The molecule has 0 spiro atoms. The number of halogens is 1. The molecule has 1 nitrogen and oxygen atoms in total. The Morgan fingerprint density at radius 1 is 1.44 bits per heavy atom. The molecule has 1 saturated carbocycles. The first-order valence-corrected chi connectivity index (χ1v) is 7.08. The van der Waals surface area contributed by atoms with Crippen LogP contribution in [-0.2, 0) is 0 Å². The molecule has 1 aromatic rings. The van der Waals surface area contributed by atoms with E-state index < -0.39 is 0 Å². The fourth-order valence-electron chi connectivity index (χ4n) is 1.97. The van der Waals surface area contributed by atoms with Crippen LogP contribution in [0.5, 0.6) is 5.75 Å². The normalized spacial score (nSPS) is 17.9. The summed E-state index contributed by atoms with van der Waals surface area (Å²) < 4.78 is 7.00. The van der Waals surface area contributed by atoms with Gasteiger partial charge in [0, 0.05) is 9.89 Å². The Kier molecular flexibility index (Phi) is 3.85. The van der Waals surface area contributed by atoms with Crippen LogP contribution < -0.4 is 4.74 Å². The number of hydrogen-bond donors (Lipinski definition) is 1. The van der Waals surface area contributed by atoms with E-state index >= 15 is 0 Å². The van der Waals surface area contributed by atoms with Gasteiger partial charge in [-0.15, -0.1) is 0 Å². The lowest BCUT2D eigenvalue weighted by Crippen LogP contribution is -2.37. The second kappa shape index (κ2) is 5.01. The minimum absolute atomic E-state index is 0.337. The molecule has 1 fully saturated rings. The van der Waals surface area contributed by atoms with Crippen LogP contribution in [0.1, 0.15) is 24.8 Å². The van der Waals surface area contributed by atoms with Gasteiger partial charge in [0.1, 0.15) is 5.75 Å². The van der Waals surface area contributed by atoms with Crippen molar-refractivity contribution in [3.05, 3.63) is 28.2 Å². The molecule has 0 unspecified atom stereocenters. The van der Waals surface area contributed by atoms with E-state index in [-0.39, 0.29) is 0 Å². The van der Waals surface area contributed by atoms with Gasteiger partial charge in [-0.2, -0.15) is 12.6 Å². The average Bonchev–Trinajstić information content (AvgIpc) is 2.22. The van der Waals surface area contributed by atoms with Crippen molar-refractivity contribution in [3.8, 4) is 5.75 Å². The molecule has 1 aliphatic rings. The monoisotopic (exact) mass is 300 g/mol. The van der Waals surface area contributed by atoms with E-state index in [4.69, 9.17) is 4.74 Å². The molecule has 3 heteroatoms. The summed E-state index contributed by atoms with van der Waals surface area (Å²) >= 11 is 7.92. The maximum absolute atomic E-state index is 5.87. The Morgan fingerprint density at radius 2 is 2.19 bits per heavy atom. The fraction of sp³-hybridized carbons (Fsp3) is 0.538. The molecule has 0 saturated heterocycles. The summed E-state index contributed by atoms with van der Waals surface area (Å²) in [4.78, 5) is 0. The highest BCUT2D eigenvalue weighted by atomic mass is 79.9. The molecule has 0 aliphatic heterocycles. The first-order chi connectivity index (χ1) is 7.65. The van der Waals surface area contributed by atoms with Crippen LogP contribution in [0.3, 0.4) is 0 Å². The molecule has 0 N–H and O–H groups in total. The SMILES string of the molecule is Cc1cc(OCC2(CS)CCC2)ccc1Br. The zero-order valence-corrected chi connectivity index (χ0v) is 12.0. The van der Waals surface area contributed by atoms with E-state index in [1.807, 2.05) is 12.1 Å². The van der Waals surface area contributed by atoms with Gasteiger partial charge in [0.25, 0.3) is 0 Å². The lowest BCUT2D eigenvalue weighted by molar-refractivity contribution is 0.0829. The van der Waals surface area contributed by atoms with Crippen molar-refractivity contribution in [2.75, 3.05) is 12.4 Å². The summed E-state index contributed by atoms with van der Waals surface area (Å²) in [5, 5.41) is 0. The molecule has 1 aromatic carbocycles. The lowest BCUT2D eigenvalue weighted by Gasteiger charge is -2.40. The van der Waals surface area contributed by atoms with E-state index in [9.17, 15) is 0 Å². The van der Waals surface area contributed by atoms with Gasteiger partial charge in [-0.3, -0.25) is 0 Å². The fourth-order valence-corrected chi connectivity index (χ4v) is 2.62. The molecule has 1 aliphatic carbocycles. The highest BCUT2D eigenvalue weighted by molar-refractivity contribution is 9.10. The molecule has 16 heavy (non-hydrogen) atoms. The van der Waals surface area contributed by atoms with Crippen molar-refractivity contribution in [1.29, 1.82) is 0 Å². The number of thiol groups is 1. The molecule has 0 bridgehead atoms. The van der Waals surface area contributed by atoms with Crippen LogP contribution in [-0.4, -0.2) is 12.4 Å². The van der Waals surface area contributed by atoms with Crippen LogP contribution in [0.15, 0.2) is 22.7 Å². The molecule has 0 heterocycles. The van der Waals surface area contributed by atoms with Crippen molar-refractivity contribution in [2.24, 2.45) is 5.41 Å². The highest BCUT2D eigenvalue weighted by Crippen LogP contribution is 2.42. The van der Waals surface area contributed by atoms with Gasteiger partial charge in [0.15, 0.2) is 0 Å². The highest BCUT2D eigenvalue weighted by Gasteiger charge is 2.36. The smallest absolute Gasteiger partial charge is 0.119 e. The lowest BCUT2D eigenvalue weighted by atomic mass is 9.71. The maximum Gasteiger partial charge on any atom is 0.119 e. The topological polar surface area (TPSA) is 9.23 Å². The van der Waals surface area contributed by atoms with Gasteiger partial charge >= 0.3 is 0 Å². The maximum atomic E-state index is 5.87.